The van der Waals surface area contributed by atoms with Gasteiger partial charge in [-0.25, -0.2) is 4.98 Å². The summed E-state index contributed by atoms with van der Waals surface area (Å²) in [5.41, 5.74) is 4.91. The van der Waals surface area contributed by atoms with Crippen LogP contribution in [-0.2, 0) is 17.8 Å². The Hall–Kier alpha value is -3.11. The van der Waals surface area contributed by atoms with Crippen LogP contribution in [0.3, 0.4) is 0 Å². The van der Waals surface area contributed by atoms with Gasteiger partial charge >= 0.3 is 0 Å². The number of nitrogens with zero attached hydrogens (tertiary/aromatic N) is 2. The fraction of sp³-hybridized carbons (Fsp3) is 0.167. The van der Waals surface area contributed by atoms with Crippen LogP contribution in [0.1, 0.15) is 23.4 Å². The summed E-state index contributed by atoms with van der Waals surface area (Å²) in [4.78, 5) is 17.3. The Bertz CT molecular complexity index is 1170. The first-order valence-electron chi connectivity index (χ1n) is 9.64. The van der Waals surface area contributed by atoms with E-state index in [2.05, 4.69) is 9.88 Å². The van der Waals surface area contributed by atoms with Crippen molar-refractivity contribution in [2.24, 2.45) is 0 Å². The lowest BCUT2D eigenvalue weighted by atomic mass is 10.1. The Labute approximate surface area is 175 Å². The van der Waals surface area contributed by atoms with Gasteiger partial charge in [-0.3, -0.25) is 4.79 Å². The normalized spacial score (nSPS) is 11.0. The summed E-state index contributed by atoms with van der Waals surface area (Å²) in [5.74, 6) is 0.889. The first-order chi connectivity index (χ1) is 14.1. The number of hydrogen-bond acceptors (Lipinski definition) is 2. The summed E-state index contributed by atoms with van der Waals surface area (Å²) < 4.78 is 2.12. The number of halogens is 1. The third kappa shape index (κ3) is 4.49. The van der Waals surface area contributed by atoms with E-state index in [1.165, 1.54) is 0 Å². The Morgan fingerprint density at radius 2 is 1.83 bits per heavy atom. The molecule has 1 aromatic heterocycles. The number of nitrogens with one attached hydrogen (secondary N) is 1. The number of benzene rings is 3. The summed E-state index contributed by atoms with van der Waals surface area (Å²) in [6.45, 7) is 2.56. The quantitative estimate of drug-likeness (QED) is 0.454. The van der Waals surface area contributed by atoms with Gasteiger partial charge in [0.1, 0.15) is 5.82 Å². The topological polar surface area (TPSA) is 46.9 Å². The number of aromatic nitrogens is 2. The van der Waals surface area contributed by atoms with E-state index in [-0.39, 0.29) is 5.91 Å². The third-order valence-electron chi connectivity index (χ3n) is 4.90. The smallest absolute Gasteiger partial charge is 0.226 e. The number of rotatable bonds is 6. The molecule has 146 valence electrons. The molecule has 1 amide bonds. The molecule has 1 N–H and O–H groups in total. The molecule has 0 aliphatic rings. The number of imidazole rings is 1. The highest BCUT2D eigenvalue weighted by atomic mass is 35.5. The molecule has 4 aromatic rings. The van der Waals surface area contributed by atoms with Crippen LogP contribution < -0.4 is 5.32 Å². The first kappa shape index (κ1) is 19.2. The zero-order chi connectivity index (χ0) is 20.2. The van der Waals surface area contributed by atoms with Gasteiger partial charge in [0.2, 0.25) is 5.91 Å². The number of anilines is 1. The van der Waals surface area contributed by atoms with Gasteiger partial charge in [0.15, 0.2) is 0 Å². The summed E-state index contributed by atoms with van der Waals surface area (Å²) in [5, 5.41) is 3.70. The number of aryl methyl sites for hydroxylation is 2. The zero-order valence-electron chi connectivity index (χ0n) is 16.2. The molecule has 0 radical (unpaired) electrons. The molecular formula is C24H22ClN3O. The molecule has 0 fully saturated rings. The van der Waals surface area contributed by atoms with E-state index in [1.807, 2.05) is 79.7 Å². The molecule has 0 atom stereocenters. The largest absolute Gasteiger partial charge is 0.327 e. The molecule has 0 aliphatic carbocycles. The van der Waals surface area contributed by atoms with Crippen molar-refractivity contribution in [3.63, 3.8) is 0 Å². The molecule has 0 unspecified atom stereocenters. The third-order valence-corrected chi connectivity index (χ3v) is 5.27. The first-order valence-corrected chi connectivity index (χ1v) is 10.0. The maximum Gasteiger partial charge on any atom is 0.226 e. The number of amides is 1. The standard InChI is InChI=1S/C24H22ClN3O/c1-17-7-6-9-19(15-17)26-24(29)13-14-28-22-12-5-4-11-21(22)27-23(28)16-18-8-2-3-10-20(18)25/h2-12,15H,13-14,16H2,1H3,(H,26,29). The maximum atomic E-state index is 12.5. The summed E-state index contributed by atoms with van der Waals surface area (Å²) in [7, 11) is 0. The molecule has 4 nitrogen and oxygen atoms in total. The van der Waals surface area contributed by atoms with Crippen molar-refractivity contribution in [1.29, 1.82) is 0 Å². The van der Waals surface area contributed by atoms with Gasteiger partial charge in [0, 0.05) is 30.1 Å². The van der Waals surface area contributed by atoms with Crippen molar-refractivity contribution in [3.05, 3.63) is 94.8 Å². The number of hydrogen-bond donors (Lipinski definition) is 1. The lowest BCUT2D eigenvalue weighted by Gasteiger charge is -2.11. The number of carbonyl (C=O) groups excluding carboxylic acids is 1. The van der Waals surface area contributed by atoms with Crippen LogP contribution in [0, 0.1) is 6.92 Å². The molecule has 3 aromatic carbocycles. The average Bonchev–Trinajstić information content (AvgIpc) is 3.05. The fourth-order valence-corrected chi connectivity index (χ4v) is 3.68. The van der Waals surface area contributed by atoms with Crippen molar-refractivity contribution in [2.45, 2.75) is 26.3 Å². The van der Waals surface area contributed by atoms with Crippen LogP contribution in [0.15, 0.2) is 72.8 Å². The van der Waals surface area contributed by atoms with Crippen molar-refractivity contribution < 1.29 is 4.79 Å². The van der Waals surface area contributed by atoms with Crippen LogP contribution in [0.25, 0.3) is 11.0 Å². The second-order valence-electron chi connectivity index (χ2n) is 7.10. The molecule has 0 bridgehead atoms. The van der Waals surface area contributed by atoms with E-state index in [9.17, 15) is 4.79 Å². The molecule has 0 aliphatic heterocycles. The zero-order valence-corrected chi connectivity index (χ0v) is 17.0. The predicted octanol–water partition coefficient (Wildman–Crippen LogP) is 5.62. The Morgan fingerprint density at radius 1 is 1.03 bits per heavy atom. The molecule has 0 spiro atoms. The average molecular weight is 404 g/mol. The van der Waals surface area contributed by atoms with Crippen LogP contribution in [0.5, 0.6) is 0 Å². The van der Waals surface area contributed by atoms with Crippen LogP contribution in [0.2, 0.25) is 5.02 Å². The number of carbonyl (C=O) groups is 1. The molecule has 5 heteroatoms. The van der Waals surface area contributed by atoms with E-state index >= 15 is 0 Å². The molecule has 0 saturated heterocycles. The van der Waals surface area contributed by atoms with Gasteiger partial charge < -0.3 is 9.88 Å². The minimum absolute atomic E-state index is 0.0166. The SMILES string of the molecule is Cc1cccc(NC(=O)CCn2c(Cc3ccccc3Cl)nc3ccccc32)c1. The number of para-hydroxylation sites is 2. The Morgan fingerprint density at radius 3 is 2.66 bits per heavy atom. The van der Waals surface area contributed by atoms with Crippen molar-refractivity contribution in [3.8, 4) is 0 Å². The van der Waals surface area contributed by atoms with E-state index in [1.54, 1.807) is 0 Å². The maximum absolute atomic E-state index is 12.5. The highest BCUT2D eigenvalue weighted by Gasteiger charge is 2.14. The molecule has 0 saturated carbocycles. The van der Waals surface area contributed by atoms with Gasteiger partial charge in [-0.15, -0.1) is 0 Å². The number of fused-ring (bicyclic) bond motifs is 1. The van der Waals surface area contributed by atoms with Gasteiger partial charge in [-0.2, -0.15) is 0 Å². The molecule has 4 rings (SSSR count). The second-order valence-corrected chi connectivity index (χ2v) is 7.51. The van der Waals surface area contributed by atoms with Crippen molar-refractivity contribution >= 4 is 34.2 Å². The van der Waals surface area contributed by atoms with E-state index < -0.39 is 0 Å². The van der Waals surface area contributed by atoms with Gasteiger partial charge in [-0.05, 0) is 48.4 Å². The summed E-state index contributed by atoms with van der Waals surface area (Å²) >= 11 is 6.35. The highest BCUT2D eigenvalue weighted by Crippen LogP contribution is 2.23. The van der Waals surface area contributed by atoms with E-state index in [4.69, 9.17) is 16.6 Å². The second kappa shape index (κ2) is 8.50. The van der Waals surface area contributed by atoms with Crippen molar-refractivity contribution in [1.82, 2.24) is 9.55 Å². The molecular weight excluding hydrogens is 382 g/mol. The van der Waals surface area contributed by atoms with Crippen LogP contribution in [-0.4, -0.2) is 15.5 Å². The summed E-state index contributed by atoms with van der Waals surface area (Å²) in [6.07, 6.45) is 0.984. The van der Waals surface area contributed by atoms with Crippen molar-refractivity contribution in [2.75, 3.05) is 5.32 Å². The predicted molar refractivity (Wildman–Crippen MR) is 118 cm³/mol. The van der Waals surface area contributed by atoms with E-state index in [0.717, 1.165) is 38.7 Å². The van der Waals surface area contributed by atoms with Crippen LogP contribution >= 0.6 is 11.6 Å². The Kier molecular flexibility index (Phi) is 5.63. The Balaban J connectivity index is 1.55. The fourth-order valence-electron chi connectivity index (χ4n) is 3.48. The lowest BCUT2D eigenvalue weighted by molar-refractivity contribution is -0.116. The van der Waals surface area contributed by atoms with E-state index in [0.29, 0.717) is 19.4 Å². The minimum atomic E-state index is -0.0166. The van der Waals surface area contributed by atoms with Gasteiger partial charge in [0.05, 0.1) is 11.0 Å². The van der Waals surface area contributed by atoms with Crippen LogP contribution in [0.4, 0.5) is 5.69 Å². The van der Waals surface area contributed by atoms with Gasteiger partial charge in [-0.1, -0.05) is 54.1 Å². The monoisotopic (exact) mass is 403 g/mol. The highest BCUT2D eigenvalue weighted by molar-refractivity contribution is 6.31. The molecule has 29 heavy (non-hydrogen) atoms. The minimum Gasteiger partial charge on any atom is -0.327 e. The molecule has 1 heterocycles. The lowest BCUT2D eigenvalue weighted by Crippen LogP contribution is -2.15. The van der Waals surface area contributed by atoms with Gasteiger partial charge in [0.25, 0.3) is 0 Å². The summed E-state index contributed by atoms with van der Waals surface area (Å²) in [6, 6.07) is 23.6.